The molecule has 0 radical (unpaired) electrons. The number of fused-ring (bicyclic) bond motifs is 1. The van der Waals surface area contributed by atoms with Crippen molar-refractivity contribution in [3.63, 3.8) is 0 Å². The first-order valence-electron chi connectivity index (χ1n) is 8.05. The number of halogens is 1. The number of para-hydroxylation sites is 2. The fourth-order valence-corrected chi connectivity index (χ4v) is 3.63. The number of aromatic nitrogens is 3. The molecule has 1 aromatic carbocycles. The Morgan fingerprint density at radius 1 is 1.29 bits per heavy atom. The Bertz CT molecular complexity index is 858. The molecule has 0 aliphatic carbocycles. The van der Waals surface area contributed by atoms with Crippen molar-refractivity contribution >= 4 is 32.9 Å². The van der Waals surface area contributed by atoms with Gasteiger partial charge in [-0.05, 0) is 47.0 Å². The lowest BCUT2D eigenvalue weighted by molar-refractivity contribution is 0.0704. The molecule has 1 atom stereocenters. The fourth-order valence-electron chi connectivity index (χ4n) is 3.26. The van der Waals surface area contributed by atoms with Crippen LogP contribution in [0.25, 0.3) is 11.0 Å². The molecule has 3 heterocycles. The van der Waals surface area contributed by atoms with Crippen LogP contribution in [0.4, 0.5) is 0 Å². The van der Waals surface area contributed by atoms with Crippen molar-refractivity contribution in [2.45, 2.75) is 18.8 Å². The SMILES string of the molecule is O=C(c1cncc(Br)c1)N1CCC[C@@H](c2nc3ccccc3[nH]2)C1. The van der Waals surface area contributed by atoms with Crippen LogP contribution in [0, 0.1) is 0 Å². The number of amides is 1. The zero-order valence-electron chi connectivity index (χ0n) is 13.1. The smallest absolute Gasteiger partial charge is 0.255 e. The second kappa shape index (κ2) is 6.36. The molecule has 1 N–H and O–H groups in total. The summed E-state index contributed by atoms with van der Waals surface area (Å²) in [5.74, 6) is 1.25. The summed E-state index contributed by atoms with van der Waals surface area (Å²) in [6.45, 7) is 1.47. The quantitative estimate of drug-likeness (QED) is 0.731. The first-order chi connectivity index (χ1) is 11.7. The summed E-state index contributed by atoms with van der Waals surface area (Å²) in [6.07, 6.45) is 5.33. The van der Waals surface area contributed by atoms with Gasteiger partial charge >= 0.3 is 0 Å². The van der Waals surface area contributed by atoms with Gasteiger partial charge in [-0.15, -0.1) is 0 Å². The second-order valence-electron chi connectivity index (χ2n) is 6.12. The lowest BCUT2D eigenvalue weighted by Crippen LogP contribution is -2.39. The maximum Gasteiger partial charge on any atom is 0.255 e. The van der Waals surface area contributed by atoms with E-state index in [-0.39, 0.29) is 11.8 Å². The summed E-state index contributed by atoms with van der Waals surface area (Å²) in [6, 6.07) is 9.85. The molecule has 0 spiro atoms. The van der Waals surface area contributed by atoms with Crippen LogP contribution >= 0.6 is 15.9 Å². The monoisotopic (exact) mass is 384 g/mol. The highest BCUT2D eigenvalue weighted by Crippen LogP contribution is 2.27. The Morgan fingerprint density at radius 2 is 2.17 bits per heavy atom. The summed E-state index contributed by atoms with van der Waals surface area (Å²) in [4.78, 5) is 26.8. The molecule has 5 nitrogen and oxygen atoms in total. The Hall–Kier alpha value is -2.21. The van der Waals surface area contributed by atoms with Gasteiger partial charge in [0.25, 0.3) is 5.91 Å². The summed E-state index contributed by atoms with van der Waals surface area (Å²) >= 11 is 3.37. The molecule has 24 heavy (non-hydrogen) atoms. The minimum absolute atomic E-state index is 0.0320. The van der Waals surface area contributed by atoms with E-state index in [2.05, 4.69) is 25.9 Å². The Labute approximate surface area is 148 Å². The second-order valence-corrected chi connectivity index (χ2v) is 7.04. The van der Waals surface area contributed by atoms with E-state index in [1.807, 2.05) is 35.2 Å². The van der Waals surface area contributed by atoms with Gasteiger partial charge in [-0.25, -0.2) is 4.98 Å². The number of nitrogens with zero attached hydrogens (tertiary/aromatic N) is 3. The van der Waals surface area contributed by atoms with Crippen LogP contribution in [0.5, 0.6) is 0 Å². The number of nitrogens with one attached hydrogen (secondary N) is 1. The molecule has 1 aliphatic heterocycles. The minimum Gasteiger partial charge on any atom is -0.342 e. The number of aromatic amines is 1. The van der Waals surface area contributed by atoms with Gasteiger partial charge in [0.1, 0.15) is 5.82 Å². The molecule has 122 valence electrons. The molecule has 2 aromatic heterocycles. The van der Waals surface area contributed by atoms with Crippen LogP contribution < -0.4 is 0 Å². The molecule has 6 heteroatoms. The molecule has 1 fully saturated rings. The van der Waals surface area contributed by atoms with Gasteiger partial charge in [-0.2, -0.15) is 0 Å². The van der Waals surface area contributed by atoms with Gasteiger partial charge in [0.15, 0.2) is 0 Å². The zero-order valence-corrected chi connectivity index (χ0v) is 14.7. The number of hydrogen-bond donors (Lipinski definition) is 1. The molecule has 0 unspecified atom stereocenters. The number of piperidine rings is 1. The molecular formula is C18H17BrN4O. The third-order valence-corrected chi connectivity index (χ3v) is 4.89. The van der Waals surface area contributed by atoms with Crippen molar-refractivity contribution in [3.8, 4) is 0 Å². The van der Waals surface area contributed by atoms with E-state index in [0.717, 1.165) is 40.7 Å². The van der Waals surface area contributed by atoms with E-state index in [0.29, 0.717) is 12.1 Å². The van der Waals surface area contributed by atoms with E-state index in [1.165, 1.54) is 0 Å². The lowest BCUT2D eigenvalue weighted by Gasteiger charge is -2.31. The van der Waals surface area contributed by atoms with Gasteiger partial charge in [-0.1, -0.05) is 12.1 Å². The van der Waals surface area contributed by atoms with Crippen LogP contribution in [0.15, 0.2) is 47.2 Å². The summed E-state index contributed by atoms with van der Waals surface area (Å²) < 4.78 is 0.819. The molecule has 0 bridgehead atoms. The van der Waals surface area contributed by atoms with Gasteiger partial charge in [0.2, 0.25) is 0 Å². The zero-order chi connectivity index (χ0) is 16.5. The number of likely N-dealkylation sites (tertiary alicyclic amines) is 1. The van der Waals surface area contributed by atoms with Gasteiger partial charge in [-0.3, -0.25) is 9.78 Å². The average Bonchev–Trinajstić information content (AvgIpc) is 3.05. The van der Waals surface area contributed by atoms with Crippen molar-refractivity contribution in [1.29, 1.82) is 0 Å². The van der Waals surface area contributed by atoms with E-state index in [1.54, 1.807) is 12.4 Å². The van der Waals surface area contributed by atoms with E-state index < -0.39 is 0 Å². The number of carbonyl (C=O) groups excluding carboxylic acids is 1. The molecule has 1 saturated heterocycles. The van der Waals surface area contributed by atoms with Crippen LogP contribution in [0.2, 0.25) is 0 Å². The molecule has 4 rings (SSSR count). The van der Waals surface area contributed by atoms with Crippen molar-refractivity contribution < 1.29 is 4.79 Å². The number of imidazole rings is 1. The molecular weight excluding hydrogens is 368 g/mol. The van der Waals surface area contributed by atoms with Crippen molar-refractivity contribution in [2.75, 3.05) is 13.1 Å². The van der Waals surface area contributed by atoms with E-state index in [9.17, 15) is 4.79 Å². The van der Waals surface area contributed by atoms with E-state index in [4.69, 9.17) is 4.98 Å². The molecule has 0 saturated carbocycles. The topological polar surface area (TPSA) is 61.9 Å². The molecule has 3 aromatic rings. The first kappa shape index (κ1) is 15.3. The van der Waals surface area contributed by atoms with Crippen molar-refractivity contribution in [1.82, 2.24) is 19.9 Å². The highest BCUT2D eigenvalue weighted by Gasteiger charge is 2.27. The molecule has 1 amide bonds. The third-order valence-electron chi connectivity index (χ3n) is 4.45. The normalized spacial score (nSPS) is 18.0. The molecule has 1 aliphatic rings. The van der Waals surface area contributed by atoms with E-state index >= 15 is 0 Å². The standard InChI is InChI=1S/C18H17BrN4O/c19-14-8-13(9-20-10-14)18(24)23-7-3-4-12(11-23)17-21-15-5-1-2-6-16(15)22-17/h1-2,5-6,8-10,12H,3-4,7,11H2,(H,21,22)/t12-/m1/s1. The average molecular weight is 385 g/mol. The summed E-state index contributed by atoms with van der Waals surface area (Å²) in [7, 11) is 0. The van der Waals surface area contributed by atoms with Crippen molar-refractivity contribution in [3.05, 3.63) is 58.6 Å². The Morgan fingerprint density at radius 3 is 3.00 bits per heavy atom. The van der Waals surface area contributed by atoms with Gasteiger partial charge in [0, 0.05) is 35.9 Å². The highest BCUT2D eigenvalue weighted by atomic mass is 79.9. The number of H-pyrrole nitrogens is 1. The maximum absolute atomic E-state index is 12.7. The highest BCUT2D eigenvalue weighted by molar-refractivity contribution is 9.10. The number of rotatable bonds is 2. The predicted molar refractivity (Wildman–Crippen MR) is 95.9 cm³/mol. The fraction of sp³-hybridized carbons (Fsp3) is 0.278. The Balaban J connectivity index is 1.56. The minimum atomic E-state index is 0.0320. The summed E-state index contributed by atoms with van der Waals surface area (Å²) in [5.41, 5.74) is 2.65. The van der Waals surface area contributed by atoms with Gasteiger partial charge in [0.05, 0.1) is 16.6 Å². The van der Waals surface area contributed by atoms with Crippen LogP contribution in [-0.4, -0.2) is 38.8 Å². The number of pyridine rings is 1. The lowest BCUT2D eigenvalue weighted by atomic mass is 9.97. The third kappa shape index (κ3) is 2.94. The largest absolute Gasteiger partial charge is 0.342 e. The first-order valence-corrected chi connectivity index (χ1v) is 8.84. The Kier molecular flexibility index (Phi) is 4.06. The predicted octanol–water partition coefficient (Wildman–Crippen LogP) is 3.74. The van der Waals surface area contributed by atoms with Crippen molar-refractivity contribution in [2.24, 2.45) is 0 Å². The van der Waals surface area contributed by atoms with Gasteiger partial charge < -0.3 is 9.88 Å². The van der Waals surface area contributed by atoms with Crippen LogP contribution in [0.3, 0.4) is 0 Å². The maximum atomic E-state index is 12.7. The summed E-state index contributed by atoms with van der Waals surface area (Å²) in [5, 5.41) is 0. The number of carbonyl (C=O) groups is 1. The number of hydrogen-bond acceptors (Lipinski definition) is 3. The van der Waals surface area contributed by atoms with Crippen LogP contribution in [-0.2, 0) is 0 Å². The number of benzene rings is 1. The van der Waals surface area contributed by atoms with Crippen LogP contribution in [0.1, 0.15) is 34.9 Å².